The fraction of sp³-hybridized carbons (Fsp3) is 0.600. The summed E-state index contributed by atoms with van der Waals surface area (Å²) in [5.41, 5.74) is 1.11. The van der Waals surface area contributed by atoms with Crippen LogP contribution in [-0.2, 0) is 6.54 Å². The quantitative estimate of drug-likeness (QED) is 0.639. The molecule has 0 aromatic heterocycles. The lowest BCUT2D eigenvalue weighted by atomic mass is 10.2. The molecule has 4 nitrogen and oxygen atoms in total. The average molecular weight is 267 g/mol. The average Bonchev–Trinajstić information content (AvgIpc) is 2.43. The number of benzene rings is 1. The summed E-state index contributed by atoms with van der Waals surface area (Å²) in [6.07, 6.45) is 1.61. The SMILES string of the molecule is CCNCc1cccc(OCC)c1OCCCCO. The van der Waals surface area contributed by atoms with Gasteiger partial charge in [-0.25, -0.2) is 0 Å². The summed E-state index contributed by atoms with van der Waals surface area (Å²) < 4.78 is 11.5. The molecule has 1 rings (SSSR count). The van der Waals surface area contributed by atoms with Crippen LogP contribution in [0.2, 0.25) is 0 Å². The molecule has 0 aliphatic carbocycles. The van der Waals surface area contributed by atoms with E-state index in [1.165, 1.54) is 0 Å². The number of ether oxygens (including phenoxy) is 2. The Kier molecular flexibility index (Phi) is 8.02. The molecular formula is C15H25NO3. The van der Waals surface area contributed by atoms with Gasteiger partial charge in [0.25, 0.3) is 0 Å². The van der Waals surface area contributed by atoms with Crippen molar-refractivity contribution in [3.8, 4) is 11.5 Å². The Labute approximate surface area is 115 Å². The predicted octanol–water partition coefficient (Wildman–Crippen LogP) is 2.35. The maximum Gasteiger partial charge on any atom is 0.165 e. The molecule has 0 fully saturated rings. The van der Waals surface area contributed by atoms with E-state index in [1.807, 2.05) is 25.1 Å². The van der Waals surface area contributed by atoms with E-state index in [0.717, 1.165) is 43.0 Å². The summed E-state index contributed by atoms with van der Waals surface area (Å²) >= 11 is 0. The zero-order valence-corrected chi connectivity index (χ0v) is 11.9. The third-order valence-corrected chi connectivity index (χ3v) is 2.72. The molecule has 1 aromatic rings. The van der Waals surface area contributed by atoms with E-state index in [-0.39, 0.29) is 6.61 Å². The first kappa shape index (κ1) is 15.8. The van der Waals surface area contributed by atoms with Gasteiger partial charge in [0.15, 0.2) is 11.5 Å². The highest BCUT2D eigenvalue weighted by molar-refractivity contribution is 5.46. The van der Waals surface area contributed by atoms with Crippen LogP contribution in [0.3, 0.4) is 0 Å². The van der Waals surface area contributed by atoms with Crippen LogP contribution in [0.15, 0.2) is 18.2 Å². The Hall–Kier alpha value is -1.26. The number of nitrogens with one attached hydrogen (secondary N) is 1. The van der Waals surface area contributed by atoms with Gasteiger partial charge in [-0.15, -0.1) is 0 Å². The highest BCUT2D eigenvalue weighted by Gasteiger charge is 2.10. The number of hydrogen-bond acceptors (Lipinski definition) is 4. The first-order valence-electron chi connectivity index (χ1n) is 7.02. The van der Waals surface area contributed by atoms with Gasteiger partial charge in [0.1, 0.15) is 0 Å². The van der Waals surface area contributed by atoms with Crippen molar-refractivity contribution in [2.24, 2.45) is 0 Å². The minimum Gasteiger partial charge on any atom is -0.490 e. The number of hydrogen-bond donors (Lipinski definition) is 2. The largest absolute Gasteiger partial charge is 0.490 e. The van der Waals surface area contributed by atoms with Crippen LogP contribution in [0.1, 0.15) is 32.3 Å². The Balaban J connectivity index is 2.74. The van der Waals surface area contributed by atoms with Crippen LogP contribution in [0.4, 0.5) is 0 Å². The molecule has 0 spiro atoms. The van der Waals surface area contributed by atoms with Gasteiger partial charge < -0.3 is 19.9 Å². The number of aliphatic hydroxyl groups is 1. The molecule has 1 aromatic carbocycles. The van der Waals surface area contributed by atoms with Gasteiger partial charge in [-0.05, 0) is 32.4 Å². The molecule has 0 radical (unpaired) electrons. The standard InChI is InChI=1S/C15H25NO3/c1-3-16-12-13-8-7-9-14(18-4-2)15(13)19-11-6-5-10-17/h7-9,16-17H,3-6,10-12H2,1-2H3. The van der Waals surface area contributed by atoms with E-state index >= 15 is 0 Å². The Bertz CT molecular complexity index is 355. The van der Waals surface area contributed by atoms with Gasteiger partial charge in [-0.3, -0.25) is 0 Å². The van der Waals surface area contributed by atoms with Crippen LogP contribution in [0.25, 0.3) is 0 Å². The highest BCUT2D eigenvalue weighted by Crippen LogP contribution is 2.31. The molecule has 0 unspecified atom stereocenters. The molecule has 19 heavy (non-hydrogen) atoms. The second kappa shape index (κ2) is 9.64. The summed E-state index contributed by atoms with van der Waals surface area (Å²) in [5.74, 6) is 1.62. The van der Waals surface area contributed by atoms with Crippen molar-refractivity contribution < 1.29 is 14.6 Å². The van der Waals surface area contributed by atoms with Crippen molar-refractivity contribution in [3.63, 3.8) is 0 Å². The normalized spacial score (nSPS) is 10.5. The lowest BCUT2D eigenvalue weighted by Gasteiger charge is -2.16. The smallest absolute Gasteiger partial charge is 0.165 e. The molecule has 4 heteroatoms. The van der Waals surface area contributed by atoms with Crippen molar-refractivity contribution in [1.29, 1.82) is 0 Å². The van der Waals surface area contributed by atoms with E-state index in [9.17, 15) is 0 Å². The Morgan fingerprint density at radius 1 is 1.16 bits per heavy atom. The second-order valence-electron chi connectivity index (χ2n) is 4.24. The fourth-order valence-corrected chi connectivity index (χ4v) is 1.78. The van der Waals surface area contributed by atoms with Crippen LogP contribution < -0.4 is 14.8 Å². The van der Waals surface area contributed by atoms with Crippen molar-refractivity contribution in [3.05, 3.63) is 23.8 Å². The zero-order valence-electron chi connectivity index (χ0n) is 11.9. The minimum atomic E-state index is 0.209. The molecular weight excluding hydrogens is 242 g/mol. The summed E-state index contributed by atoms with van der Waals surface area (Å²) in [4.78, 5) is 0. The molecule has 0 aliphatic heterocycles. The van der Waals surface area contributed by atoms with E-state index in [0.29, 0.717) is 13.2 Å². The summed E-state index contributed by atoms with van der Waals surface area (Å²) in [6.45, 7) is 7.17. The van der Waals surface area contributed by atoms with Gasteiger partial charge in [0.2, 0.25) is 0 Å². The fourth-order valence-electron chi connectivity index (χ4n) is 1.78. The van der Waals surface area contributed by atoms with Gasteiger partial charge in [0.05, 0.1) is 13.2 Å². The molecule has 2 N–H and O–H groups in total. The Morgan fingerprint density at radius 3 is 2.68 bits per heavy atom. The van der Waals surface area contributed by atoms with Crippen molar-refractivity contribution >= 4 is 0 Å². The van der Waals surface area contributed by atoms with Gasteiger partial charge in [0, 0.05) is 18.7 Å². The molecule has 0 bridgehead atoms. The third-order valence-electron chi connectivity index (χ3n) is 2.72. The summed E-state index contributed by atoms with van der Waals surface area (Å²) in [5, 5.41) is 12.1. The third kappa shape index (κ3) is 5.49. The molecule has 0 atom stereocenters. The molecule has 0 saturated carbocycles. The number of unbranched alkanes of at least 4 members (excludes halogenated alkanes) is 1. The first-order chi connectivity index (χ1) is 9.33. The van der Waals surface area contributed by atoms with E-state index in [1.54, 1.807) is 0 Å². The monoisotopic (exact) mass is 267 g/mol. The lowest BCUT2D eigenvalue weighted by Crippen LogP contribution is -2.13. The van der Waals surface area contributed by atoms with Gasteiger partial charge in [-0.2, -0.15) is 0 Å². The van der Waals surface area contributed by atoms with E-state index < -0.39 is 0 Å². The first-order valence-corrected chi connectivity index (χ1v) is 7.02. The number of aliphatic hydroxyl groups excluding tert-OH is 1. The summed E-state index contributed by atoms with van der Waals surface area (Å²) in [6, 6.07) is 5.96. The highest BCUT2D eigenvalue weighted by atomic mass is 16.5. The summed E-state index contributed by atoms with van der Waals surface area (Å²) in [7, 11) is 0. The van der Waals surface area contributed by atoms with Crippen LogP contribution >= 0.6 is 0 Å². The van der Waals surface area contributed by atoms with E-state index in [2.05, 4.69) is 12.2 Å². The van der Waals surface area contributed by atoms with Gasteiger partial charge >= 0.3 is 0 Å². The van der Waals surface area contributed by atoms with Crippen molar-refractivity contribution in [1.82, 2.24) is 5.32 Å². The molecule has 0 aliphatic rings. The lowest BCUT2D eigenvalue weighted by molar-refractivity contribution is 0.241. The minimum absolute atomic E-state index is 0.209. The maximum atomic E-state index is 8.78. The molecule has 0 heterocycles. The van der Waals surface area contributed by atoms with E-state index in [4.69, 9.17) is 14.6 Å². The topological polar surface area (TPSA) is 50.7 Å². The van der Waals surface area contributed by atoms with Gasteiger partial charge in [-0.1, -0.05) is 19.1 Å². The zero-order chi connectivity index (χ0) is 13.9. The predicted molar refractivity (Wildman–Crippen MR) is 76.8 cm³/mol. The molecule has 108 valence electrons. The van der Waals surface area contributed by atoms with Crippen LogP contribution in [0.5, 0.6) is 11.5 Å². The molecule has 0 amide bonds. The second-order valence-corrected chi connectivity index (χ2v) is 4.24. The maximum absolute atomic E-state index is 8.78. The number of rotatable bonds is 10. The van der Waals surface area contributed by atoms with Crippen molar-refractivity contribution in [2.75, 3.05) is 26.4 Å². The molecule has 0 saturated heterocycles. The van der Waals surface area contributed by atoms with Crippen LogP contribution in [0, 0.1) is 0 Å². The van der Waals surface area contributed by atoms with Crippen molar-refractivity contribution in [2.45, 2.75) is 33.2 Å². The number of para-hydroxylation sites is 1. The van der Waals surface area contributed by atoms with Crippen LogP contribution in [-0.4, -0.2) is 31.5 Å². The Morgan fingerprint density at radius 2 is 2.00 bits per heavy atom.